The van der Waals surface area contributed by atoms with Gasteiger partial charge in [-0.1, -0.05) is 0 Å². The van der Waals surface area contributed by atoms with Gasteiger partial charge in [0, 0.05) is 11.0 Å². The van der Waals surface area contributed by atoms with E-state index in [1.54, 1.807) is 0 Å². The molecule has 0 bridgehead atoms. The molecule has 0 saturated carbocycles. The third-order valence-corrected chi connectivity index (χ3v) is 4.08. The van der Waals surface area contributed by atoms with E-state index in [4.69, 9.17) is 4.99 Å². The van der Waals surface area contributed by atoms with Crippen LogP contribution < -0.4 is 0 Å². The number of hydrogen-bond acceptors (Lipinski definition) is 2. The third kappa shape index (κ3) is 1.61. The molecule has 0 amide bonds. The van der Waals surface area contributed by atoms with E-state index >= 15 is 0 Å². The van der Waals surface area contributed by atoms with Gasteiger partial charge in [-0.15, -0.1) is 0 Å². The number of nitrogens with zero attached hydrogens (tertiary/aromatic N) is 1. The molecule has 0 aromatic rings. The van der Waals surface area contributed by atoms with E-state index in [9.17, 15) is 0 Å². The Hall–Kier alpha value is 0.0200. The summed E-state index contributed by atoms with van der Waals surface area (Å²) in [6, 6.07) is 0.683. The lowest BCUT2D eigenvalue weighted by Gasteiger charge is -2.32. The van der Waals surface area contributed by atoms with Gasteiger partial charge in [-0.2, -0.15) is 11.8 Å². The Morgan fingerprint density at radius 2 is 2.36 bits per heavy atom. The van der Waals surface area contributed by atoms with E-state index in [1.165, 1.54) is 37.1 Å². The van der Waals surface area contributed by atoms with Crippen LogP contribution in [0.1, 0.15) is 32.6 Å². The lowest BCUT2D eigenvalue weighted by atomic mass is 9.99. The van der Waals surface area contributed by atoms with Crippen molar-refractivity contribution in [2.24, 2.45) is 4.99 Å². The van der Waals surface area contributed by atoms with Gasteiger partial charge in [-0.05, 0) is 38.4 Å². The van der Waals surface area contributed by atoms with Crippen molar-refractivity contribution < 1.29 is 0 Å². The Bertz CT molecular complexity index is 176. The molecule has 1 saturated heterocycles. The van der Waals surface area contributed by atoms with Gasteiger partial charge in [0.15, 0.2) is 0 Å². The Kier molecular flexibility index (Phi) is 2.21. The van der Waals surface area contributed by atoms with Crippen LogP contribution in [0, 0.1) is 0 Å². The highest BCUT2D eigenvalue weighted by Crippen LogP contribution is 2.33. The van der Waals surface area contributed by atoms with Crippen LogP contribution in [-0.2, 0) is 0 Å². The topological polar surface area (TPSA) is 12.4 Å². The maximum atomic E-state index is 4.70. The predicted molar refractivity (Wildman–Crippen MR) is 51.6 cm³/mol. The smallest absolute Gasteiger partial charge is 0.0617 e. The van der Waals surface area contributed by atoms with E-state index in [0.29, 0.717) is 6.04 Å². The van der Waals surface area contributed by atoms with Crippen molar-refractivity contribution in [1.29, 1.82) is 0 Å². The molecule has 2 heterocycles. The molecule has 2 aliphatic heterocycles. The Morgan fingerprint density at radius 3 is 3.27 bits per heavy atom. The molecule has 11 heavy (non-hydrogen) atoms. The Balaban J connectivity index is 2.07. The molecule has 1 nitrogen and oxygen atoms in total. The molecule has 0 radical (unpaired) electrons. The molecule has 2 heteroatoms. The largest absolute Gasteiger partial charge is 0.290 e. The SMILES string of the molecule is CC1=NC2CCCSC2CC1. The van der Waals surface area contributed by atoms with Crippen molar-refractivity contribution in [2.45, 2.75) is 43.9 Å². The molecule has 2 aliphatic rings. The maximum absolute atomic E-state index is 4.70. The lowest BCUT2D eigenvalue weighted by molar-refractivity contribution is 0.527. The molecule has 0 N–H and O–H groups in total. The van der Waals surface area contributed by atoms with Gasteiger partial charge < -0.3 is 0 Å². The van der Waals surface area contributed by atoms with Crippen molar-refractivity contribution >= 4 is 17.5 Å². The van der Waals surface area contributed by atoms with Gasteiger partial charge in [0.05, 0.1) is 6.04 Å². The molecular formula is C9H15NS. The van der Waals surface area contributed by atoms with Crippen molar-refractivity contribution in [1.82, 2.24) is 0 Å². The normalized spacial score (nSPS) is 37.7. The number of aliphatic imine (C=N–C) groups is 1. The first-order valence-corrected chi connectivity index (χ1v) is 5.56. The van der Waals surface area contributed by atoms with Crippen LogP contribution in [0.25, 0.3) is 0 Å². The van der Waals surface area contributed by atoms with Gasteiger partial charge in [0.1, 0.15) is 0 Å². The van der Waals surface area contributed by atoms with Crippen LogP contribution in [0.3, 0.4) is 0 Å². The van der Waals surface area contributed by atoms with Crippen molar-refractivity contribution in [2.75, 3.05) is 5.75 Å². The quantitative estimate of drug-likeness (QED) is 0.543. The van der Waals surface area contributed by atoms with Crippen LogP contribution in [0.2, 0.25) is 0 Å². The second-order valence-corrected chi connectivity index (χ2v) is 4.87. The minimum absolute atomic E-state index is 0.683. The first-order chi connectivity index (χ1) is 5.36. The fraction of sp³-hybridized carbons (Fsp3) is 0.889. The highest BCUT2D eigenvalue weighted by Gasteiger charge is 2.27. The summed E-state index contributed by atoms with van der Waals surface area (Å²) >= 11 is 2.14. The number of hydrogen-bond donors (Lipinski definition) is 0. The molecule has 0 aliphatic carbocycles. The van der Waals surface area contributed by atoms with Crippen molar-refractivity contribution in [3.63, 3.8) is 0 Å². The van der Waals surface area contributed by atoms with E-state index < -0.39 is 0 Å². The van der Waals surface area contributed by atoms with Crippen molar-refractivity contribution in [3.8, 4) is 0 Å². The monoisotopic (exact) mass is 169 g/mol. The molecular weight excluding hydrogens is 154 g/mol. The minimum atomic E-state index is 0.683. The fourth-order valence-corrected chi connectivity index (χ4v) is 3.29. The third-order valence-electron chi connectivity index (χ3n) is 2.58. The summed E-state index contributed by atoms with van der Waals surface area (Å²) < 4.78 is 0. The fourth-order valence-electron chi connectivity index (χ4n) is 1.95. The molecule has 1 fully saturated rings. The Labute approximate surface area is 72.7 Å². The first kappa shape index (κ1) is 7.66. The highest BCUT2D eigenvalue weighted by atomic mass is 32.2. The van der Waals surface area contributed by atoms with Gasteiger partial charge in [-0.25, -0.2) is 0 Å². The molecule has 2 unspecified atom stereocenters. The summed E-state index contributed by atoms with van der Waals surface area (Å²) in [6.07, 6.45) is 5.34. The summed E-state index contributed by atoms with van der Waals surface area (Å²) in [6.45, 7) is 2.18. The van der Waals surface area contributed by atoms with E-state index in [2.05, 4.69) is 18.7 Å². The molecule has 0 aromatic carbocycles. The molecule has 0 aromatic heterocycles. The summed E-state index contributed by atoms with van der Waals surface area (Å²) in [7, 11) is 0. The summed E-state index contributed by atoms with van der Waals surface area (Å²) in [5, 5.41) is 0.868. The summed E-state index contributed by atoms with van der Waals surface area (Å²) in [5.41, 5.74) is 1.38. The first-order valence-electron chi connectivity index (χ1n) is 4.51. The van der Waals surface area contributed by atoms with Crippen LogP contribution in [0.15, 0.2) is 4.99 Å². The average Bonchev–Trinajstić information content (AvgIpc) is 2.04. The van der Waals surface area contributed by atoms with Crippen molar-refractivity contribution in [3.05, 3.63) is 0 Å². The van der Waals surface area contributed by atoms with Gasteiger partial charge in [0.2, 0.25) is 0 Å². The summed E-state index contributed by atoms with van der Waals surface area (Å²) in [4.78, 5) is 4.70. The number of rotatable bonds is 0. The highest BCUT2D eigenvalue weighted by molar-refractivity contribution is 8.00. The zero-order valence-corrected chi connectivity index (χ0v) is 7.86. The standard InChI is InChI=1S/C9H15NS/c1-7-4-5-9-8(10-7)3-2-6-11-9/h8-9H,2-6H2,1H3. The predicted octanol–water partition coefficient (Wildman–Crippen LogP) is 2.51. The molecule has 62 valence electrons. The van der Waals surface area contributed by atoms with Crippen LogP contribution in [0.5, 0.6) is 0 Å². The molecule has 0 spiro atoms. The van der Waals surface area contributed by atoms with E-state index in [1.807, 2.05) is 0 Å². The molecule has 2 rings (SSSR count). The number of thioether (sulfide) groups is 1. The summed E-state index contributed by atoms with van der Waals surface area (Å²) in [5.74, 6) is 1.37. The Morgan fingerprint density at radius 1 is 1.45 bits per heavy atom. The van der Waals surface area contributed by atoms with Gasteiger partial charge in [0.25, 0.3) is 0 Å². The second-order valence-electron chi connectivity index (χ2n) is 3.52. The van der Waals surface area contributed by atoms with Gasteiger partial charge >= 0.3 is 0 Å². The van der Waals surface area contributed by atoms with E-state index in [-0.39, 0.29) is 0 Å². The second kappa shape index (κ2) is 3.18. The zero-order chi connectivity index (χ0) is 7.68. The minimum Gasteiger partial charge on any atom is -0.290 e. The average molecular weight is 169 g/mol. The van der Waals surface area contributed by atoms with E-state index in [0.717, 1.165) is 5.25 Å². The molecule has 2 atom stereocenters. The lowest BCUT2D eigenvalue weighted by Crippen LogP contribution is -2.30. The maximum Gasteiger partial charge on any atom is 0.0617 e. The van der Waals surface area contributed by atoms with Gasteiger partial charge in [-0.3, -0.25) is 4.99 Å². The van der Waals surface area contributed by atoms with Crippen LogP contribution in [0.4, 0.5) is 0 Å². The van der Waals surface area contributed by atoms with Crippen LogP contribution in [-0.4, -0.2) is 22.8 Å². The zero-order valence-electron chi connectivity index (χ0n) is 7.05. The van der Waals surface area contributed by atoms with Crippen LogP contribution >= 0.6 is 11.8 Å². The number of fused-ring (bicyclic) bond motifs is 1.